The highest BCUT2D eigenvalue weighted by atomic mass is 32.2. The Bertz CT molecular complexity index is 773. The number of nitro groups is 1. The molecule has 1 aliphatic rings. The molecule has 0 bridgehead atoms. The lowest BCUT2D eigenvalue weighted by molar-refractivity contribution is -0.385. The van der Waals surface area contributed by atoms with E-state index in [1.807, 2.05) is 11.2 Å². The standard InChI is InChI=1S/C14H19N5O4S/c1-14(2)9-16-18(10-14)7-6-15-11-17-24(22,23)13-5-3-4-12(8-13)19(20)21/h3-5,8-9,11H,6-7,10H2,1-2H3,(H,15,17). The van der Waals surface area contributed by atoms with Gasteiger partial charge in [0.05, 0.1) is 29.2 Å². The molecule has 0 unspecified atom stereocenters. The molecule has 0 aliphatic carbocycles. The number of nitrogens with one attached hydrogen (secondary N) is 1. The molecule has 0 saturated carbocycles. The van der Waals surface area contributed by atoms with Crippen LogP contribution >= 0.6 is 0 Å². The Balaban J connectivity index is 1.87. The Morgan fingerprint density at radius 3 is 2.88 bits per heavy atom. The first kappa shape index (κ1) is 17.9. The van der Waals surface area contributed by atoms with Crippen LogP contribution in [0.2, 0.25) is 0 Å². The largest absolute Gasteiger partial charge is 0.295 e. The molecule has 0 radical (unpaired) electrons. The van der Waals surface area contributed by atoms with Gasteiger partial charge in [0.2, 0.25) is 0 Å². The molecule has 1 aromatic rings. The summed E-state index contributed by atoms with van der Waals surface area (Å²) in [5, 5.41) is 16.8. The summed E-state index contributed by atoms with van der Waals surface area (Å²) in [4.78, 5) is 13.9. The molecular weight excluding hydrogens is 334 g/mol. The van der Waals surface area contributed by atoms with E-state index in [0.717, 1.165) is 18.9 Å². The summed E-state index contributed by atoms with van der Waals surface area (Å²) in [6, 6.07) is 4.82. The summed E-state index contributed by atoms with van der Waals surface area (Å²) in [6.45, 7) is 5.90. The number of nitro benzene ring substituents is 1. The maximum atomic E-state index is 12.1. The van der Waals surface area contributed by atoms with Crippen molar-refractivity contribution in [1.82, 2.24) is 9.73 Å². The van der Waals surface area contributed by atoms with Crippen LogP contribution in [0.25, 0.3) is 0 Å². The minimum absolute atomic E-state index is 0.0350. The first-order valence-electron chi connectivity index (χ1n) is 7.25. The van der Waals surface area contributed by atoms with Gasteiger partial charge in [0.25, 0.3) is 15.7 Å². The zero-order chi connectivity index (χ0) is 17.8. The van der Waals surface area contributed by atoms with Crippen molar-refractivity contribution in [2.75, 3.05) is 19.6 Å². The summed E-state index contributed by atoms with van der Waals surface area (Å²) in [5.41, 5.74) is -0.253. The maximum absolute atomic E-state index is 12.1. The van der Waals surface area contributed by atoms with E-state index >= 15 is 0 Å². The molecule has 0 atom stereocenters. The number of hydrogen-bond donors (Lipinski definition) is 1. The van der Waals surface area contributed by atoms with Crippen molar-refractivity contribution in [2.24, 2.45) is 15.5 Å². The molecule has 1 heterocycles. The number of nitrogens with zero attached hydrogens (tertiary/aromatic N) is 4. The molecule has 0 aromatic heterocycles. The zero-order valence-corrected chi connectivity index (χ0v) is 14.2. The Kier molecular flexibility index (Phi) is 5.17. The first-order valence-corrected chi connectivity index (χ1v) is 8.73. The van der Waals surface area contributed by atoms with Crippen molar-refractivity contribution >= 4 is 28.3 Å². The lowest BCUT2D eigenvalue weighted by Crippen LogP contribution is -2.26. The third-order valence-electron chi connectivity index (χ3n) is 3.29. The third-order valence-corrected chi connectivity index (χ3v) is 4.58. The molecule has 130 valence electrons. The maximum Gasteiger partial charge on any atom is 0.270 e. The Morgan fingerprint density at radius 2 is 2.25 bits per heavy atom. The van der Waals surface area contributed by atoms with Crippen LogP contribution in [-0.2, 0) is 10.0 Å². The minimum atomic E-state index is -3.88. The van der Waals surface area contributed by atoms with Gasteiger partial charge in [0.1, 0.15) is 0 Å². The van der Waals surface area contributed by atoms with Crippen molar-refractivity contribution < 1.29 is 13.3 Å². The van der Waals surface area contributed by atoms with E-state index in [1.54, 1.807) is 0 Å². The molecule has 9 nitrogen and oxygen atoms in total. The SMILES string of the molecule is CC1(C)C=NN(CCN=CNS(=O)(=O)c2cccc([N+](=O)[O-])c2)C1. The van der Waals surface area contributed by atoms with E-state index in [0.29, 0.717) is 13.1 Å². The van der Waals surface area contributed by atoms with Gasteiger partial charge in [-0.15, -0.1) is 0 Å². The highest BCUT2D eigenvalue weighted by molar-refractivity contribution is 7.90. The zero-order valence-electron chi connectivity index (χ0n) is 13.4. The number of hydrazone groups is 1. The summed E-state index contributed by atoms with van der Waals surface area (Å²) in [5.74, 6) is 0. The molecule has 0 amide bonds. The lowest BCUT2D eigenvalue weighted by atomic mass is 9.97. The molecule has 1 aromatic carbocycles. The monoisotopic (exact) mass is 353 g/mol. The summed E-state index contributed by atoms with van der Waals surface area (Å²) >= 11 is 0. The Morgan fingerprint density at radius 1 is 1.50 bits per heavy atom. The number of hydrogen-bond acceptors (Lipinski definition) is 7. The minimum Gasteiger partial charge on any atom is -0.295 e. The normalized spacial score (nSPS) is 16.7. The molecule has 10 heteroatoms. The number of benzene rings is 1. The number of non-ortho nitro benzene ring substituents is 1. The van der Waals surface area contributed by atoms with Crippen molar-refractivity contribution in [1.29, 1.82) is 0 Å². The summed E-state index contributed by atoms with van der Waals surface area (Å²) in [6.07, 6.45) is 2.96. The molecule has 24 heavy (non-hydrogen) atoms. The van der Waals surface area contributed by atoms with Gasteiger partial charge in [0, 0.05) is 30.3 Å². The fourth-order valence-electron chi connectivity index (χ4n) is 2.10. The van der Waals surface area contributed by atoms with Gasteiger partial charge in [-0.1, -0.05) is 19.9 Å². The molecule has 1 N–H and O–H groups in total. The van der Waals surface area contributed by atoms with Gasteiger partial charge in [0.15, 0.2) is 0 Å². The number of rotatable bonds is 7. The highest BCUT2D eigenvalue weighted by Crippen LogP contribution is 2.20. The van der Waals surface area contributed by atoms with Gasteiger partial charge in [-0.25, -0.2) is 8.42 Å². The number of aliphatic imine (C=N–C) groups is 1. The Hall–Kier alpha value is -2.49. The fraction of sp³-hybridized carbons (Fsp3) is 0.429. The van der Waals surface area contributed by atoms with Crippen LogP contribution in [0.4, 0.5) is 5.69 Å². The van der Waals surface area contributed by atoms with Crippen LogP contribution < -0.4 is 4.72 Å². The van der Waals surface area contributed by atoms with Crippen LogP contribution in [0.1, 0.15) is 13.8 Å². The van der Waals surface area contributed by atoms with Crippen LogP contribution in [0.3, 0.4) is 0 Å². The van der Waals surface area contributed by atoms with E-state index in [2.05, 4.69) is 28.7 Å². The fourth-order valence-corrected chi connectivity index (χ4v) is 2.99. The molecule has 0 fully saturated rings. The Labute approximate surface area is 140 Å². The molecule has 0 saturated heterocycles. The predicted octanol–water partition coefficient (Wildman–Crippen LogP) is 1.23. The second kappa shape index (κ2) is 6.95. The first-order chi connectivity index (χ1) is 11.2. The topological polar surface area (TPSA) is 117 Å². The van der Waals surface area contributed by atoms with Gasteiger partial charge < -0.3 is 0 Å². The van der Waals surface area contributed by atoms with Crippen molar-refractivity contribution in [3.63, 3.8) is 0 Å². The van der Waals surface area contributed by atoms with E-state index in [9.17, 15) is 18.5 Å². The van der Waals surface area contributed by atoms with Gasteiger partial charge >= 0.3 is 0 Å². The van der Waals surface area contributed by atoms with Crippen molar-refractivity contribution in [2.45, 2.75) is 18.7 Å². The summed E-state index contributed by atoms with van der Waals surface area (Å²) in [7, 11) is -3.88. The smallest absolute Gasteiger partial charge is 0.270 e. The highest BCUT2D eigenvalue weighted by Gasteiger charge is 2.24. The van der Waals surface area contributed by atoms with E-state index in [4.69, 9.17) is 0 Å². The van der Waals surface area contributed by atoms with Gasteiger partial charge in [-0.05, 0) is 6.07 Å². The van der Waals surface area contributed by atoms with Crippen LogP contribution in [0.15, 0.2) is 39.3 Å². The quantitative estimate of drug-likeness (QED) is 0.342. The molecule has 1 aliphatic heterocycles. The number of sulfonamides is 1. The predicted molar refractivity (Wildman–Crippen MR) is 90.6 cm³/mol. The second-order valence-corrected chi connectivity index (χ2v) is 7.75. The summed E-state index contributed by atoms with van der Waals surface area (Å²) < 4.78 is 26.3. The molecule has 0 spiro atoms. The molecule has 2 rings (SSSR count). The lowest BCUT2D eigenvalue weighted by Gasteiger charge is -2.18. The van der Waals surface area contributed by atoms with Gasteiger partial charge in [-0.3, -0.25) is 24.8 Å². The molecular formula is C14H19N5O4S. The van der Waals surface area contributed by atoms with E-state index in [-0.39, 0.29) is 16.0 Å². The van der Waals surface area contributed by atoms with Crippen molar-refractivity contribution in [3.05, 3.63) is 34.4 Å². The van der Waals surface area contributed by atoms with Crippen LogP contribution in [-0.4, -0.2) is 50.5 Å². The van der Waals surface area contributed by atoms with Gasteiger partial charge in [-0.2, -0.15) is 5.10 Å². The van der Waals surface area contributed by atoms with Crippen LogP contribution in [0, 0.1) is 15.5 Å². The van der Waals surface area contributed by atoms with Crippen molar-refractivity contribution in [3.8, 4) is 0 Å². The average molecular weight is 353 g/mol. The third kappa shape index (κ3) is 4.75. The van der Waals surface area contributed by atoms with Crippen LogP contribution in [0.5, 0.6) is 0 Å². The second-order valence-electron chi connectivity index (χ2n) is 6.03. The van der Waals surface area contributed by atoms with E-state index in [1.165, 1.54) is 18.2 Å². The van der Waals surface area contributed by atoms with E-state index < -0.39 is 14.9 Å². The average Bonchev–Trinajstić information content (AvgIpc) is 2.86.